The summed E-state index contributed by atoms with van der Waals surface area (Å²) in [6.07, 6.45) is 5.27. The number of aromatic nitrogens is 3. The van der Waals surface area contributed by atoms with Crippen molar-refractivity contribution in [2.45, 2.75) is 39.7 Å². The highest BCUT2D eigenvalue weighted by Gasteiger charge is 2.00. The van der Waals surface area contributed by atoms with Crippen LogP contribution in [-0.4, -0.2) is 21.5 Å². The van der Waals surface area contributed by atoms with E-state index in [1.807, 2.05) is 4.68 Å². The van der Waals surface area contributed by atoms with Gasteiger partial charge in [0.1, 0.15) is 5.82 Å². The zero-order valence-corrected chi connectivity index (χ0v) is 8.45. The van der Waals surface area contributed by atoms with Crippen molar-refractivity contribution < 1.29 is 0 Å². The van der Waals surface area contributed by atoms with Gasteiger partial charge in [-0.15, -0.1) is 5.10 Å². The van der Waals surface area contributed by atoms with E-state index < -0.39 is 0 Å². The molecule has 0 aliphatic carbocycles. The number of hydrogen-bond acceptors (Lipinski definition) is 3. The Kier molecular flexibility index (Phi) is 4.29. The molecule has 1 aromatic rings. The van der Waals surface area contributed by atoms with E-state index in [2.05, 4.69) is 29.5 Å². The molecule has 1 heterocycles. The lowest BCUT2D eigenvalue weighted by molar-refractivity contribution is 0.582. The van der Waals surface area contributed by atoms with Gasteiger partial charge in [0.05, 0.1) is 6.20 Å². The second-order valence-corrected chi connectivity index (χ2v) is 3.12. The van der Waals surface area contributed by atoms with Crippen molar-refractivity contribution in [2.24, 2.45) is 0 Å². The molecule has 0 saturated carbocycles. The van der Waals surface area contributed by atoms with Crippen molar-refractivity contribution in [3.63, 3.8) is 0 Å². The van der Waals surface area contributed by atoms with Gasteiger partial charge in [0.2, 0.25) is 0 Å². The fourth-order valence-corrected chi connectivity index (χ4v) is 1.16. The van der Waals surface area contributed by atoms with Crippen molar-refractivity contribution in [2.75, 3.05) is 11.9 Å². The molecule has 4 heteroatoms. The molecule has 0 aromatic carbocycles. The van der Waals surface area contributed by atoms with Gasteiger partial charge in [0, 0.05) is 13.1 Å². The smallest absolute Gasteiger partial charge is 0.144 e. The molecule has 1 rings (SSSR count). The van der Waals surface area contributed by atoms with Gasteiger partial charge in [-0.05, 0) is 12.8 Å². The van der Waals surface area contributed by atoms with Crippen LogP contribution in [0, 0.1) is 0 Å². The minimum absolute atomic E-state index is 0.939. The molecule has 0 fully saturated rings. The van der Waals surface area contributed by atoms with Gasteiger partial charge in [-0.25, -0.2) is 4.68 Å². The molecule has 1 aromatic heterocycles. The maximum Gasteiger partial charge on any atom is 0.144 e. The Morgan fingerprint density at radius 2 is 2.23 bits per heavy atom. The molecular formula is C9H18N4. The highest BCUT2D eigenvalue weighted by Crippen LogP contribution is 2.04. The van der Waals surface area contributed by atoms with E-state index in [1.165, 1.54) is 12.8 Å². The third kappa shape index (κ3) is 3.05. The van der Waals surface area contributed by atoms with E-state index in [0.29, 0.717) is 0 Å². The molecule has 0 saturated heterocycles. The van der Waals surface area contributed by atoms with Crippen LogP contribution in [0.1, 0.15) is 33.1 Å². The first kappa shape index (κ1) is 10.0. The molecule has 1 N–H and O–H groups in total. The Bertz CT molecular complexity index is 231. The number of rotatable bonds is 6. The summed E-state index contributed by atoms with van der Waals surface area (Å²) >= 11 is 0. The number of anilines is 1. The fraction of sp³-hybridized carbons (Fsp3) is 0.778. The van der Waals surface area contributed by atoms with Gasteiger partial charge in [-0.3, -0.25) is 0 Å². The van der Waals surface area contributed by atoms with Crippen molar-refractivity contribution in [3.8, 4) is 0 Å². The highest BCUT2D eigenvalue weighted by atomic mass is 15.4. The molecule has 0 aliphatic heterocycles. The van der Waals surface area contributed by atoms with E-state index in [9.17, 15) is 0 Å². The summed E-state index contributed by atoms with van der Waals surface area (Å²) in [6, 6.07) is 0. The molecule has 74 valence electrons. The summed E-state index contributed by atoms with van der Waals surface area (Å²) in [5.41, 5.74) is 0. The van der Waals surface area contributed by atoms with Crippen LogP contribution in [0.3, 0.4) is 0 Å². The molecule has 0 aliphatic rings. The molecule has 0 amide bonds. The number of aryl methyl sites for hydroxylation is 1. The Hall–Kier alpha value is -1.06. The Morgan fingerprint density at radius 3 is 2.92 bits per heavy atom. The van der Waals surface area contributed by atoms with E-state index in [4.69, 9.17) is 0 Å². The van der Waals surface area contributed by atoms with Gasteiger partial charge in [-0.1, -0.05) is 25.5 Å². The molecule has 0 unspecified atom stereocenters. The zero-order valence-electron chi connectivity index (χ0n) is 8.45. The van der Waals surface area contributed by atoms with E-state index in [1.54, 1.807) is 6.20 Å². The van der Waals surface area contributed by atoms with Gasteiger partial charge < -0.3 is 5.32 Å². The van der Waals surface area contributed by atoms with E-state index in [0.717, 1.165) is 25.3 Å². The number of unbranched alkanes of at least 4 members (excludes halogenated alkanes) is 1. The van der Waals surface area contributed by atoms with Crippen molar-refractivity contribution >= 4 is 5.82 Å². The maximum atomic E-state index is 3.99. The fourth-order valence-electron chi connectivity index (χ4n) is 1.16. The zero-order chi connectivity index (χ0) is 9.52. The molecule has 0 atom stereocenters. The molecule has 4 nitrogen and oxygen atoms in total. The number of nitrogens with one attached hydrogen (secondary N) is 1. The first-order valence-corrected chi connectivity index (χ1v) is 5.00. The van der Waals surface area contributed by atoms with Crippen molar-refractivity contribution in [3.05, 3.63) is 6.20 Å². The second kappa shape index (κ2) is 5.56. The van der Waals surface area contributed by atoms with Gasteiger partial charge in [0.15, 0.2) is 0 Å². The van der Waals surface area contributed by atoms with E-state index in [-0.39, 0.29) is 0 Å². The average Bonchev–Trinajstić information content (AvgIpc) is 2.54. The van der Waals surface area contributed by atoms with Crippen LogP contribution in [0.15, 0.2) is 6.20 Å². The topological polar surface area (TPSA) is 42.7 Å². The summed E-state index contributed by atoms with van der Waals surface area (Å²) < 4.78 is 1.91. The normalized spacial score (nSPS) is 10.3. The second-order valence-electron chi connectivity index (χ2n) is 3.12. The van der Waals surface area contributed by atoms with Crippen LogP contribution in [0.4, 0.5) is 5.82 Å². The standard InChI is InChI=1S/C9H18N4/c1-3-5-6-10-9-8-11-12-13(9)7-4-2/h8,10H,3-7H2,1-2H3. The SMILES string of the molecule is CCCCNc1cnnn1CCC. The van der Waals surface area contributed by atoms with Gasteiger partial charge in [0.25, 0.3) is 0 Å². The average molecular weight is 182 g/mol. The quantitative estimate of drug-likeness (QED) is 0.683. The Balaban J connectivity index is 2.40. The lowest BCUT2D eigenvalue weighted by Crippen LogP contribution is -2.08. The summed E-state index contributed by atoms with van der Waals surface area (Å²) in [5.74, 6) is 1.04. The number of nitrogens with zero attached hydrogens (tertiary/aromatic N) is 3. The molecule has 0 bridgehead atoms. The van der Waals surface area contributed by atoms with Crippen molar-refractivity contribution in [1.82, 2.24) is 15.0 Å². The predicted molar refractivity (Wildman–Crippen MR) is 53.7 cm³/mol. The lowest BCUT2D eigenvalue weighted by Gasteiger charge is -2.06. The molecule has 0 radical (unpaired) electrons. The van der Waals surface area contributed by atoms with Gasteiger partial charge >= 0.3 is 0 Å². The van der Waals surface area contributed by atoms with Crippen LogP contribution in [0.5, 0.6) is 0 Å². The Morgan fingerprint density at radius 1 is 1.38 bits per heavy atom. The third-order valence-electron chi connectivity index (χ3n) is 1.89. The van der Waals surface area contributed by atoms with Crippen LogP contribution in [-0.2, 0) is 6.54 Å². The first-order valence-electron chi connectivity index (χ1n) is 5.00. The highest BCUT2D eigenvalue weighted by molar-refractivity contribution is 5.30. The third-order valence-corrected chi connectivity index (χ3v) is 1.89. The molecular weight excluding hydrogens is 164 g/mol. The van der Waals surface area contributed by atoms with Crippen LogP contribution in [0.25, 0.3) is 0 Å². The van der Waals surface area contributed by atoms with Gasteiger partial charge in [-0.2, -0.15) is 0 Å². The molecule has 0 spiro atoms. The summed E-state index contributed by atoms with van der Waals surface area (Å²) in [6.45, 7) is 6.27. The lowest BCUT2D eigenvalue weighted by atomic mass is 10.3. The van der Waals surface area contributed by atoms with Crippen LogP contribution < -0.4 is 5.32 Å². The van der Waals surface area contributed by atoms with E-state index >= 15 is 0 Å². The van der Waals surface area contributed by atoms with Crippen LogP contribution in [0.2, 0.25) is 0 Å². The van der Waals surface area contributed by atoms with Crippen molar-refractivity contribution in [1.29, 1.82) is 0 Å². The monoisotopic (exact) mass is 182 g/mol. The Labute approximate surface area is 79.3 Å². The number of hydrogen-bond donors (Lipinski definition) is 1. The summed E-state index contributed by atoms with van der Waals surface area (Å²) in [4.78, 5) is 0. The maximum absolute atomic E-state index is 3.99. The first-order chi connectivity index (χ1) is 6.38. The predicted octanol–water partition coefficient (Wildman–Crippen LogP) is 1.90. The summed E-state index contributed by atoms with van der Waals surface area (Å²) in [5, 5.41) is 11.2. The minimum atomic E-state index is 0.939. The molecule has 13 heavy (non-hydrogen) atoms. The summed E-state index contributed by atoms with van der Waals surface area (Å²) in [7, 11) is 0. The largest absolute Gasteiger partial charge is 0.369 e. The van der Waals surface area contributed by atoms with Crippen LogP contribution >= 0.6 is 0 Å². The minimum Gasteiger partial charge on any atom is -0.369 e.